The SMILES string of the molecule is CCCC1CCCC(NCCCC(C)CO)CC1. The van der Waals surface area contributed by atoms with Crippen LogP contribution in [0.3, 0.4) is 0 Å². The molecule has 1 fully saturated rings. The van der Waals surface area contributed by atoms with Crippen LogP contribution in [0.2, 0.25) is 0 Å². The Hall–Kier alpha value is -0.0800. The molecule has 3 atom stereocenters. The molecule has 1 saturated carbocycles. The third-order valence-corrected chi connectivity index (χ3v) is 4.40. The van der Waals surface area contributed by atoms with Crippen molar-refractivity contribution in [3.8, 4) is 0 Å². The zero-order valence-electron chi connectivity index (χ0n) is 12.5. The zero-order chi connectivity index (χ0) is 13.2. The molecular formula is C16H33NO. The summed E-state index contributed by atoms with van der Waals surface area (Å²) in [5.41, 5.74) is 0. The first-order valence-corrected chi connectivity index (χ1v) is 8.10. The fourth-order valence-corrected chi connectivity index (χ4v) is 3.13. The molecule has 0 aromatic carbocycles. The van der Waals surface area contributed by atoms with Crippen LogP contribution in [0.25, 0.3) is 0 Å². The molecule has 2 nitrogen and oxygen atoms in total. The molecule has 3 unspecified atom stereocenters. The van der Waals surface area contributed by atoms with E-state index in [1.54, 1.807) is 0 Å². The van der Waals surface area contributed by atoms with Crippen molar-refractivity contribution in [1.82, 2.24) is 5.32 Å². The van der Waals surface area contributed by atoms with Crippen molar-refractivity contribution in [1.29, 1.82) is 0 Å². The molecule has 2 heteroatoms. The molecule has 1 rings (SSSR count). The Balaban J connectivity index is 2.08. The summed E-state index contributed by atoms with van der Waals surface area (Å²) in [5.74, 6) is 1.46. The minimum Gasteiger partial charge on any atom is -0.396 e. The molecule has 0 radical (unpaired) electrons. The summed E-state index contributed by atoms with van der Waals surface area (Å²) < 4.78 is 0. The third-order valence-electron chi connectivity index (χ3n) is 4.40. The molecule has 0 aromatic heterocycles. The van der Waals surface area contributed by atoms with Crippen LogP contribution >= 0.6 is 0 Å². The quantitative estimate of drug-likeness (QED) is 0.511. The van der Waals surface area contributed by atoms with E-state index in [-0.39, 0.29) is 0 Å². The van der Waals surface area contributed by atoms with Crippen molar-refractivity contribution in [2.75, 3.05) is 13.2 Å². The molecule has 0 spiro atoms. The van der Waals surface area contributed by atoms with Gasteiger partial charge in [0.25, 0.3) is 0 Å². The van der Waals surface area contributed by atoms with Crippen LogP contribution in [-0.2, 0) is 0 Å². The number of nitrogens with one attached hydrogen (secondary N) is 1. The minimum absolute atomic E-state index is 0.335. The third kappa shape index (κ3) is 6.75. The minimum atomic E-state index is 0.335. The lowest BCUT2D eigenvalue weighted by atomic mass is 9.95. The van der Waals surface area contributed by atoms with Crippen LogP contribution in [0.4, 0.5) is 0 Å². The maximum absolute atomic E-state index is 8.98. The topological polar surface area (TPSA) is 32.3 Å². The molecule has 18 heavy (non-hydrogen) atoms. The van der Waals surface area contributed by atoms with E-state index >= 15 is 0 Å². The molecule has 0 saturated heterocycles. The molecule has 2 N–H and O–H groups in total. The second-order valence-electron chi connectivity index (χ2n) is 6.24. The molecule has 0 aromatic rings. The fraction of sp³-hybridized carbons (Fsp3) is 1.00. The lowest BCUT2D eigenvalue weighted by Gasteiger charge is -2.17. The van der Waals surface area contributed by atoms with Gasteiger partial charge in [-0.05, 0) is 50.5 Å². The molecule has 0 heterocycles. The first-order chi connectivity index (χ1) is 8.76. The van der Waals surface area contributed by atoms with Gasteiger partial charge in [0.2, 0.25) is 0 Å². The van der Waals surface area contributed by atoms with E-state index in [1.165, 1.54) is 51.4 Å². The first-order valence-electron chi connectivity index (χ1n) is 8.10. The van der Waals surface area contributed by atoms with E-state index in [9.17, 15) is 0 Å². The van der Waals surface area contributed by atoms with Crippen LogP contribution in [-0.4, -0.2) is 24.3 Å². The summed E-state index contributed by atoms with van der Waals surface area (Å²) in [6, 6.07) is 0.760. The molecular weight excluding hydrogens is 222 g/mol. The van der Waals surface area contributed by atoms with Gasteiger partial charge in [0.1, 0.15) is 0 Å². The van der Waals surface area contributed by atoms with Crippen molar-refractivity contribution >= 4 is 0 Å². The van der Waals surface area contributed by atoms with Crippen LogP contribution < -0.4 is 5.32 Å². The highest BCUT2D eigenvalue weighted by Crippen LogP contribution is 2.26. The predicted octanol–water partition coefficient (Wildman–Crippen LogP) is 3.73. The highest BCUT2D eigenvalue weighted by molar-refractivity contribution is 4.74. The normalized spacial score (nSPS) is 26.8. The highest BCUT2D eigenvalue weighted by atomic mass is 16.3. The Morgan fingerprint density at radius 3 is 2.78 bits per heavy atom. The number of hydrogen-bond donors (Lipinski definition) is 2. The Bertz CT molecular complexity index is 196. The Morgan fingerprint density at radius 1 is 1.22 bits per heavy atom. The summed E-state index contributed by atoms with van der Waals surface area (Å²) in [4.78, 5) is 0. The highest BCUT2D eigenvalue weighted by Gasteiger charge is 2.17. The van der Waals surface area contributed by atoms with E-state index in [0.29, 0.717) is 12.5 Å². The number of hydrogen-bond acceptors (Lipinski definition) is 2. The van der Waals surface area contributed by atoms with E-state index in [1.807, 2.05) is 0 Å². The van der Waals surface area contributed by atoms with Gasteiger partial charge in [-0.3, -0.25) is 0 Å². The van der Waals surface area contributed by atoms with Crippen LogP contribution in [0.1, 0.15) is 71.6 Å². The fourth-order valence-electron chi connectivity index (χ4n) is 3.13. The van der Waals surface area contributed by atoms with E-state index < -0.39 is 0 Å². The van der Waals surface area contributed by atoms with Crippen LogP contribution in [0, 0.1) is 11.8 Å². The van der Waals surface area contributed by atoms with Crippen molar-refractivity contribution in [3.05, 3.63) is 0 Å². The van der Waals surface area contributed by atoms with Crippen LogP contribution in [0.15, 0.2) is 0 Å². The molecule has 1 aliphatic rings. The van der Waals surface area contributed by atoms with Crippen molar-refractivity contribution in [2.24, 2.45) is 11.8 Å². The van der Waals surface area contributed by atoms with Crippen molar-refractivity contribution in [3.63, 3.8) is 0 Å². The lowest BCUT2D eigenvalue weighted by Crippen LogP contribution is -2.29. The van der Waals surface area contributed by atoms with Crippen molar-refractivity contribution < 1.29 is 5.11 Å². The van der Waals surface area contributed by atoms with Gasteiger partial charge in [0, 0.05) is 12.6 Å². The van der Waals surface area contributed by atoms with Crippen molar-refractivity contribution in [2.45, 2.75) is 77.7 Å². The molecule has 1 aliphatic carbocycles. The number of aliphatic hydroxyl groups is 1. The molecule has 0 bridgehead atoms. The van der Waals surface area contributed by atoms with E-state index in [4.69, 9.17) is 5.11 Å². The van der Waals surface area contributed by atoms with Crippen LogP contribution in [0.5, 0.6) is 0 Å². The molecule has 108 valence electrons. The number of aliphatic hydroxyl groups excluding tert-OH is 1. The Labute approximate surface area is 114 Å². The van der Waals surface area contributed by atoms with Gasteiger partial charge in [-0.15, -0.1) is 0 Å². The summed E-state index contributed by atoms with van der Waals surface area (Å²) in [5, 5.41) is 12.7. The Kier molecular flexibility index (Phi) is 8.70. The smallest absolute Gasteiger partial charge is 0.0456 e. The average molecular weight is 255 g/mol. The van der Waals surface area contributed by atoms with Gasteiger partial charge < -0.3 is 10.4 Å². The van der Waals surface area contributed by atoms with E-state index in [0.717, 1.165) is 24.9 Å². The van der Waals surface area contributed by atoms with Gasteiger partial charge in [-0.2, -0.15) is 0 Å². The summed E-state index contributed by atoms with van der Waals surface area (Å²) in [6.07, 6.45) is 12.2. The predicted molar refractivity (Wildman–Crippen MR) is 78.8 cm³/mol. The summed E-state index contributed by atoms with van der Waals surface area (Å²) in [6.45, 7) is 5.90. The van der Waals surface area contributed by atoms with Gasteiger partial charge in [-0.25, -0.2) is 0 Å². The second-order valence-corrected chi connectivity index (χ2v) is 6.24. The summed E-state index contributed by atoms with van der Waals surface area (Å²) >= 11 is 0. The van der Waals surface area contributed by atoms with Gasteiger partial charge in [0.15, 0.2) is 0 Å². The van der Waals surface area contributed by atoms with Gasteiger partial charge in [0.05, 0.1) is 0 Å². The monoisotopic (exact) mass is 255 g/mol. The average Bonchev–Trinajstić information content (AvgIpc) is 2.60. The van der Waals surface area contributed by atoms with Gasteiger partial charge in [-0.1, -0.05) is 39.5 Å². The first kappa shape index (κ1) is 16.0. The maximum atomic E-state index is 8.98. The molecule has 0 amide bonds. The standard InChI is InChI=1S/C16H33NO/c1-3-6-15-8-4-9-16(11-10-15)17-12-5-7-14(2)13-18/h14-18H,3-13H2,1-2H3. The Morgan fingerprint density at radius 2 is 2.06 bits per heavy atom. The zero-order valence-corrected chi connectivity index (χ0v) is 12.5. The largest absolute Gasteiger partial charge is 0.396 e. The lowest BCUT2D eigenvalue weighted by molar-refractivity contribution is 0.227. The number of rotatable bonds is 8. The second kappa shape index (κ2) is 9.80. The van der Waals surface area contributed by atoms with E-state index in [2.05, 4.69) is 19.2 Å². The molecule has 0 aliphatic heterocycles. The summed E-state index contributed by atoms with van der Waals surface area (Å²) in [7, 11) is 0. The van der Waals surface area contributed by atoms with Gasteiger partial charge >= 0.3 is 0 Å². The maximum Gasteiger partial charge on any atom is 0.0456 e.